The number of nitrogens with zero attached hydrogens (tertiary/aromatic N) is 1. The van der Waals surface area contributed by atoms with Crippen LogP contribution in [0, 0.1) is 5.92 Å². The van der Waals surface area contributed by atoms with Gasteiger partial charge >= 0.3 is 0 Å². The Morgan fingerprint density at radius 2 is 2.25 bits per heavy atom. The molecular weight excluding hydrogens is 216 g/mol. The molecule has 3 heteroatoms. The molecule has 1 heterocycles. The fraction of sp³-hybridized carbons (Fsp3) is 1.00. The van der Waals surface area contributed by atoms with Gasteiger partial charge in [0.05, 0.1) is 0 Å². The summed E-state index contributed by atoms with van der Waals surface area (Å²) in [6, 6.07) is 0. The highest BCUT2D eigenvalue weighted by atomic mass is 32.2. The molecule has 0 aliphatic carbocycles. The molecule has 0 radical (unpaired) electrons. The Bertz CT molecular complexity index is 158. The summed E-state index contributed by atoms with van der Waals surface area (Å²) < 4.78 is 0. The predicted octanol–water partition coefficient (Wildman–Crippen LogP) is 2.45. The minimum absolute atomic E-state index is 0.896. The first-order valence-electron chi connectivity index (χ1n) is 6.87. The summed E-state index contributed by atoms with van der Waals surface area (Å²) in [6.45, 7) is 10.8. The number of piperidine rings is 1. The van der Waals surface area contributed by atoms with Crippen molar-refractivity contribution in [1.29, 1.82) is 0 Å². The number of hydrogen-bond acceptors (Lipinski definition) is 3. The van der Waals surface area contributed by atoms with Crippen molar-refractivity contribution in [3.8, 4) is 0 Å². The van der Waals surface area contributed by atoms with Crippen molar-refractivity contribution in [1.82, 2.24) is 10.2 Å². The van der Waals surface area contributed by atoms with E-state index in [1.54, 1.807) is 0 Å². The normalized spacial score (nSPS) is 21.6. The third kappa shape index (κ3) is 6.12. The smallest absolute Gasteiger partial charge is 0.00217 e. The fourth-order valence-corrected chi connectivity index (χ4v) is 2.98. The molecule has 16 heavy (non-hydrogen) atoms. The van der Waals surface area contributed by atoms with Crippen molar-refractivity contribution in [2.24, 2.45) is 5.92 Å². The minimum Gasteiger partial charge on any atom is -0.316 e. The molecule has 0 aromatic rings. The molecule has 0 spiro atoms. The van der Waals surface area contributed by atoms with E-state index in [1.807, 2.05) is 0 Å². The first-order chi connectivity index (χ1) is 7.86. The second kappa shape index (κ2) is 9.32. The molecule has 1 rings (SSSR count). The summed E-state index contributed by atoms with van der Waals surface area (Å²) in [7, 11) is 0. The van der Waals surface area contributed by atoms with Gasteiger partial charge in [-0.25, -0.2) is 0 Å². The molecule has 0 aromatic carbocycles. The molecule has 1 N–H and O–H groups in total. The zero-order chi connectivity index (χ0) is 11.6. The molecule has 1 aliphatic rings. The average Bonchev–Trinajstić information content (AvgIpc) is 2.34. The van der Waals surface area contributed by atoms with Gasteiger partial charge in [0.1, 0.15) is 0 Å². The summed E-state index contributed by atoms with van der Waals surface area (Å²) in [4.78, 5) is 2.63. The molecular formula is C13H28N2S. The van der Waals surface area contributed by atoms with Crippen LogP contribution >= 0.6 is 11.8 Å². The highest BCUT2D eigenvalue weighted by Gasteiger charge is 2.15. The minimum atomic E-state index is 0.896. The van der Waals surface area contributed by atoms with Crippen LogP contribution in [-0.2, 0) is 0 Å². The zero-order valence-electron chi connectivity index (χ0n) is 11.0. The van der Waals surface area contributed by atoms with Gasteiger partial charge < -0.3 is 10.2 Å². The highest BCUT2D eigenvalue weighted by Crippen LogP contribution is 2.12. The molecule has 0 saturated carbocycles. The van der Waals surface area contributed by atoms with E-state index in [1.165, 1.54) is 63.5 Å². The zero-order valence-corrected chi connectivity index (χ0v) is 11.8. The molecule has 96 valence electrons. The molecule has 1 saturated heterocycles. The lowest BCUT2D eigenvalue weighted by molar-refractivity contribution is 0.217. The van der Waals surface area contributed by atoms with Gasteiger partial charge in [-0.3, -0.25) is 0 Å². The largest absolute Gasteiger partial charge is 0.316 e. The van der Waals surface area contributed by atoms with Gasteiger partial charge in [0, 0.05) is 6.54 Å². The van der Waals surface area contributed by atoms with Crippen molar-refractivity contribution < 1.29 is 0 Å². The first-order valence-corrected chi connectivity index (χ1v) is 8.03. The van der Waals surface area contributed by atoms with Gasteiger partial charge in [0.25, 0.3) is 0 Å². The van der Waals surface area contributed by atoms with E-state index >= 15 is 0 Å². The molecule has 1 fully saturated rings. The molecule has 0 bridgehead atoms. The summed E-state index contributed by atoms with van der Waals surface area (Å²) in [5, 5.41) is 3.51. The summed E-state index contributed by atoms with van der Waals surface area (Å²) in [5.41, 5.74) is 0. The number of thioether (sulfide) groups is 1. The number of nitrogens with one attached hydrogen (secondary N) is 1. The Balaban J connectivity index is 2.09. The van der Waals surface area contributed by atoms with Gasteiger partial charge in [0.15, 0.2) is 0 Å². The van der Waals surface area contributed by atoms with Crippen LogP contribution in [-0.4, -0.2) is 49.1 Å². The maximum absolute atomic E-state index is 3.51. The van der Waals surface area contributed by atoms with E-state index in [-0.39, 0.29) is 0 Å². The molecule has 2 nitrogen and oxygen atoms in total. The lowest BCUT2D eigenvalue weighted by Crippen LogP contribution is -2.38. The first kappa shape index (κ1) is 14.3. The Morgan fingerprint density at radius 3 is 2.88 bits per heavy atom. The second-order valence-electron chi connectivity index (χ2n) is 4.66. The molecule has 0 aromatic heterocycles. The lowest BCUT2D eigenvalue weighted by atomic mass is 9.99. The third-order valence-electron chi connectivity index (χ3n) is 3.33. The second-order valence-corrected chi connectivity index (χ2v) is 6.05. The molecule has 1 aliphatic heterocycles. The van der Waals surface area contributed by atoms with Crippen molar-refractivity contribution in [3.05, 3.63) is 0 Å². The summed E-state index contributed by atoms with van der Waals surface area (Å²) in [6.07, 6.45) is 4.15. The van der Waals surface area contributed by atoms with Gasteiger partial charge in [-0.05, 0) is 62.9 Å². The van der Waals surface area contributed by atoms with E-state index in [2.05, 4.69) is 35.8 Å². The quantitative estimate of drug-likeness (QED) is 0.660. The van der Waals surface area contributed by atoms with Crippen LogP contribution < -0.4 is 5.32 Å². The van der Waals surface area contributed by atoms with Gasteiger partial charge in [-0.15, -0.1) is 0 Å². The van der Waals surface area contributed by atoms with Crippen molar-refractivity contribution >= 4 is 11.8 Å². The Hall–Kier alpha value is 0.270. The van der Waals surface area contributed by atoms with E-state index in [0.717, 1.165) is 5.92 Å². The molecule has 0 amide bonds. The standard InChI is InChI=1S/C13H28N2S/c1-3-15(9-6-10-16-4-2)12-13-7-5-8-14-11-13/h13-14H,3-12H2,1-2H3. The summed E-state index contributed by atoms with van der Waals surface area (Å²) >= 11 is 2.07. The van der Waals surface area contributed by atoms with Crippen molar-refractivity contribution in [3.63, 3.8) is 0 Å². The van der Waals surface area contributed by atoms with Crippen LogP contribution in [0.4, 0.5) is 0 Å². The van der Waals surface area contributed by atoms with Crippen molar-refractivity contribution in [2.45, 2.75) is 33.1 Å². The Labute approximate surface area is 106 Å². The van der Waals surface area contributed by atoms with Crippen molar-refractivity contribution in [2.75, 3.05) is 44.2 Å². The topological polar surface area (TPSA) is 15.3 Å². The third-order valence-corrected chi connectivity index (χ3v) is 4.32. The van der Waals surface area contributed by atoms with E-state index in [9.17, 15) is 0 Å². The monoisotopic (exact) mass is 244 g/mol. The summed E-state index contributed by atoms with van der Waals surface area (Å²) in [5.74, 6) is 3.49. The van der Waals surface area contributed by atoms with E-state index in [0.29, 0.717) is 0 Å². The molecule has 1 unspecified atom stereocenters. The van der Waals surface area contributed by atoms with Crippen LogP contribution in [0.3, 0.4) is 0 Å². The van der Waals surface area contributed by atoms with Crippen LogP contribution in [0.25, 0.3) is 0 Å². The maximum Gasteiger partial charge on any atom is 0.00217 e. The number of rotatable bonds is 8. The van der Waals surface area contributed by atoms with Crippen LogP contribution in [0.5, 0.6) is 0 Å². The Morgan fingerprint density at radius 1 is 1.38 bits per heavy atom. The van der Waals surface area contributed by atoms with Crippen LogP contribution in [0.1, 0.15) is 33.1 Å². The predicted molar refractivity (Wildman–Crippen MR) is 75.3 cm³/mol. The van der Waals surface area contributed by atoms with Gasteiger partial charge in [-0.1, -0.05) is 13.8 Å². The molecule has 1 atom stereocenters. The Kier molecular flexibility index (Phi) is 8.34. The van der Waals surface area contributed by atoms with Gasteiger partial charge in [-0.2, -0.15) is 11.8 Å². The van der Waals surface area contributed by atoms with Gasteiger partial charge in [0.2, 0.25) is 0 Å². The average molecular weight is 244 g/mol. The maximum atomic E-state index is 3.51. The highest BCUT2D eigenvalue weighted by molar-refractivity contribution is 7.99. The van der Waals surface area contributed by atoms with E-state index in [4.69, 9.17) is 0 Å². The van der Waals surface area contributed by atoms with Crippen LogP contribution in [0.15, 0.2) is 0 Å². The number of hydrogen-bond donors (Lipinski definition) is 1. The lowest BCUT2D eigenvalue weighted by Gasteiger charge is -2.29. The SMILES string of the molecule is CCSCCCN(CC)CC1CCCNC1. The fourth-order valence-electron chi connectivity index (χ4n) is 2.36. The van der Waals surface area contributed by atoms with Crippen LogP contribution in [0.2, 0.25) is 0 Å². The van der Waals surface area contributed by atoms with E-state index < -0.39 is 0 Å².